The zero-order chi connectivity index (χ0) is 11.7. The van der Waals surface area contributed by atoms with Gasteiger partial charge in [-0.2, -0.15) is 0 Å². The Hall–Kier alpha value is -0.260. The summed E-state index contributed by atoms with van der Waals surface area (Å²) in [5.74, 6) is 0.450. The van der Waals surface area contributed by atoms with Gasteiger partial charge in [-0.15, -0.1) is 0 Å². The van der Waals surface area contributed by atoms with Crippen LogP contribution in [0.3, 0.4) is 0 Å². The molecule has 92 valence electrons. The Labute approximate surface area is 90.0 Å². The lowest BCUT2D eigenvalue weighted by Gasteiger charge is -2.20. The first kappa shape index (κ1) is 14.7. The molecule has 0 atom stereocenters. The number of aliphatic hydroxyl groups is 1. The number of ether oxygens (including phenoxy) is 1. The summed E-state index contributed by atoms with van der Waals surface area (Å²) in [6.45, 7) is 5.46. The van der Waals surface area contributed by atoms with Crippen molar-refractivity contribution in [2.45, 2.75) is 20.3 Å². The van der Waals surface area contributed by atoms with Crippen molar-refractivity contribution in [1.82, 2.24) is 4.90 Å². The maximum absolute atomic E-state index is 12.1. The van der Waals surface area contributed by atoms with E-state index in [-0.39, 0.29) is 19.7 Å². The van der Waals surface area contributed by atoms with E-state index in [1.165, 1.54) is 4.90 Å². The van der Waals surface area contributed by atoms with Gasteiger partial charge in [0, 0.05) is 19.7 Å². The van der Waals surface area contributed by atoms with Crippen LogP contribution in [0.15, 0.2) is 0 Å². The second-order valence-corrected chi connectivity index (χ2v) is 3.88. The summed E-state index contributed by atoms with van der Waals surface area (Å²) in [6, 6.07) is 0. The van der Waals surface area contributed by atoms with Crippen molar-refractivity contribution in [2.24, 2.45) is 5.92 Å². The van der Waals surface area contributed by atoms with E-state index in [1.807, 2.05) is 13.8 Å². The first-order chi connectivity index (χ1) is 7.06. The van der Waals surface area contributed by atoms with Gasteiger partial charge in [0.05, 0.1) is 19.8 Å². The van der Waals surface area contributed by atoms with Crippen LogP contribution in [0.25, 0.3) is 0 Å². The van der Waals surface area contributed by atoms with Crippen LogP contribution in [0.1, 0.15) is 13.8 Å². The standard InChI is InChI=1S/C10H21F2NO2/c1-9(2)8-15-6-4-13(3-5-14)7-10(11)12/h9-10,14H,3-8H2,1-2H3. The largest absolute Gasteiger partial charge is 0.395 e. The van der Waals surface area contributed by atoms with Gasteiger partial charge < -0.3 is 9.84 Å². The molecule has 0 fully saturated rings. The highest BCUT2D eigenvalue weighted by Crippen LogP contribution is 1.98. The topological polar surface area (TPSA) is 32.7 Å². The molecule has 0 saturated carbocycles. The van der Waals surface area contributed by atoms with Crippen LogP contribution in [-0.2, 0) is 4.74 Å². The van der Waals surface area contributed by atoms with E-state index in [0.717, 1.165) is 0 Å². The van der Waals surface area contributed by atoms with Gasteiger partial charge >= 0.3 is 0 Å². The minimum absolute atomic E-state index is 0.100. The highest BCUT2D eigenvalue weighted by atomic mass is 19.3. The summed E-state index contributed by atoms with van der Waals surface area (Å²) in [7, 11) is 0. The van der Waals surface area contributed by atoms with E-state index < -0.39 is 6.43 Å². The zero-order valence-electron chi connectivity index (χ0n) is 9.46. The van der Waals surface area contributed by atoms with Gasteiger partial charge in [0.2, 0.25) is 0 Å². The van der Waals surface area contributed by atoms with Gasteiger partial charge in [-0.05, 0) is 5.92 Å². The second-order valence-electron chi connectivity index (χ2n) is 3.88. The quantitative estimate of drug-likeness (QED) is 0.599. The second kappa shape index (κ2) is 9.00. The maximum Gasteiger partial charge on any atom is 0.251 e. The smallest absolute Gasteiger partial charge is 0.251 e. The zero-order valence-corrected chi connectivity index (χ0v) is 9.46. The minimum Gasteiger partial charge on any atom is -0.395 e. The highest BCUT2D eigenvalue weighted by molar-refractivity contribution is 4.58. The third-order valence-electron chi connectivity index (χ3n) is 1.82. The molecule has 0 spiro atoms. The molecule has 0 aliphatic carbocycles. The molecule has 3 nitrogen and oxygen atoms in total. The fourth-order valence-electron chi connectivity index (χ4n) is 1.14. The third kappa shape index (κ3) is 10.0. The Balaban J connectivity index is 3.56. The summed E-state index contributed by atoms with van der Waals surface area (Å²) in [6.07, 6.45) is -2.36. The predicted octanol–water partition coefficient (Wildman–Crippen LogP) is 1.22. The lowest BCUT2D eigenvalue weighted by Crippen LogP contribution is -2.34. The van der Waals surface area contributed by atoms with Gasteiger partial charge in [0.1, 0.15) is 0 Å². The summed E-state index contributed by atoms with van der Waals surface area (Å²) in [4.78, 5) is 1.50. The van der Waals surface area contributed by atoms with Crippen molar-refractivity contribution >= 4 is 0 Å². The van der Waals surface area contributed by atoms with E-state index in [4.69, 9.17) is 9.84 Å². The number of rotatable bonds is 9. The molecule has 0 aromatic carbocycles. The van der Waals surface area contributed by atoms with Gasteiger partial charge in [-0.3, -0.25) is 4.90 Å². The van der Waals surface area contributed by atoms with Crippen molar-refractivity contribution in [2.75, 3.05) is 39.5 Å². The van der Waals surface area contributed by atoms with E-state index in [2.05, 4.69) is 0 Å². The van der Waals surface area contributed by atoms with Crippen LogP contribution >= 0.6 is 0 Å². The molecule has 0 saturated heterocycles. The Kier molecular flexibility index (Phi) is 8.85. The summed E-state index contributed by atoms with van der Waals surface area (Å²) in [5.41, 5.74) is 0. The van der Waals surface area contributed by atoms with Gasteiger partial charge in [0.15, 0.2) is 0 Å². The monoisotopic (exact) mass is 225 g/mol. The summed E-state index contributed by atoms with van der Waals surface area (Å²) >= 11 is 0. The van der Waals surface area contributed by atoms with E-state index >= 15 is 0 Å². The van der Waals surface area contributed by atoms with Gasteiger partial charge in [-0.1, -0.05) is 13.8 Å². The fourth-order valence-corrected chi connectivity index (χ4v) is 1.14. The molecule has 0 heterocycles. The lowest BCUT2D eigenvalue weighted by molar-refractivity contribution is 0.0453. The Morgan fingerprint density at radius 3 is 2.40 bits per heavy atom. The van der Waals surface area contributed by atoms with Crippen molar-refractivity contribution in [1.29, 1.82) is 0 Å². The molecule has 0 radical (unpaired) electrons. The van der Waals surface area contributed by atoms with E-state index in [0.29, 0.717) is 25.7 Å². The number of aliphatic hydroxyl groups excluding tert-OH is 1. The average molecular weight is 225 g/mol. The van der Waals surface area contributed by atoms with Crippen LogP contribution in [-0.4, -0.2) is 55.9 Å². The molecule has 1 N–H and O–H groups in total. The van der Waals surface area contributed by atoms with Crippen LogP contribution in [0.2, 0.25) is 0 Å². The number of hydrogen-bond donors (Lipinski definition) is 1. The number of alkyl halides is 2. The van der Waals surface area contributed by atoms with Crippen molar-refractivity contribution in [3.05, 3.63) is 0 Å². The van der Waals surface area contributed by atoms with E-state index in [9.17, 15) is 8.78 Å². The predicted molar refractivity (Wildman–Crippen MR) is 55.2 cm³/mol. The molecule has 0 aliphatic rings. The molecule has 0 unspecified atom stereocenters. The first-order valence-corrected chi connectivity index (χ1v) is 5.25. The lowest BCUT2D eigenvalue weighted by atomic mass is 10.2. The van der Waals surface area contributed by atoms with Gasteiger partial charge in [0.25, 0.3) is 6.43 Å². The average Bonchev–Trinajstić information content (AvgIpc) is 2.11. The normalized spacial score (nSPS) is 12.0. The van der Waals surface area contributed by atoms with Gasteiger partial charge in [-0.25, -0.2) is 8.78 Å². The molecule has 0 aromatic heterocycles. The van der Waals surface area contributed by atoms with Crippen LogP contribution < -0.4 is 0 Å². The third-order valence-corrected chi connectivity index (χ3v) is 1.82. The molecule has 0 rings (SSSR count). The number of nitrogens with zero attached hydrogens (tertiary/aromatic N) is 1. The molecule has 15 heavy (non-hydrogen) atoms. The Morgan fingerprint density at radius 1 is 1.27 bits per heavy atom. The minimum atomic E-state index is -2.36. The Bertz CT molecular complexity index is 145. The SMILES string of the molecule is CC(C)COCCN(CCO)CC(F)F. The molecule has 0 bridgehead atoms. The summed E-state index contributed by atoms with van der Waals surface area (Å²) in [5, 5.41) is 8.67. The summed E-state index contributed by atoms with van der Waals surface area (Å²) < 4.78 is 29.4. The van der Waals surface area contributed by atoms with Crippen LogP contribution in [0, 0.1) is 5.92 Å². The maximum atomic E-state index is 12.1. The van der Waals surface area contributed by atoms with Crippen molar-refractivity contribution < 1.29 is 18.6 Å². The van der Waals surface area contributed by atoms with Crippen molar-refractivity contribution in [3.63, 3.8) is 0 Å². The number of hydrogen-bond acceptors (Lipinski definition) is 3. The molecule has 0 aliphatic heterocycles. The van der Waals surface area contributed by atoms with E-state index in [1.54, 1.807) is 0 Å². The van der Waals surface area contributed by atoms with Crippen LogP contribution in [0.4, 0.5) is 8.78 Å². The van der Waals surface area contributed by atoms with Crippen LogP contribution in [0.5, 0.6) is 0 Å². The number of halogens is 2. The highest BCUT2D eigenvalue weighted by Gasteiger charge is 2.11. The molecular formula is C10H21F2NO2. The molecule has 0 aromatic rings. The fraction of sp³-hybridized carbons (Fsp3) is 1.00. The molecule has 5 heteroatoms. The molecule has 0 amide bonds. The molecular weight excluding hydrogens is 204 g/mol. The first-order valence-electron chi connectivity index (χ1n) is 5.25. The van der Waals surface area contributed by atoms with Crippen molar-refractivity contribution in [3.8, 4) is 0 Å². The Morgan fingerprint density at radius 2 is 1.93 bits per heavy atom.